The Labute approximate surface area is 128 Å². The zero-order valence-electron chi connectivity index (χ0n) is 11.4. The molecule has 0 amide bonds. The van der Waals surface area contributed by atoms with Gasteiger partial charge in [-0.05, 0) is 30.3 Å². The van der Waals surface area contributed by atoms with Gasteiger partial charge in [-0.3, -0.25) is 4.79 Å². The van der Waals surface area contributed by atoms with Crippen LogP contribution in [0.2, 0.25) is 5.02 Å². The molecule has 0 aliphatic heterocycles. The number of phenols is 1. The van der Waals surface area contributed by atoms with Crippen LogP contribution in [0.15, 0.2) is 48.5 Å². The number of phenolic OH excluding ortho intramolecular Hbond substituents is 1. The lowest BCUT2D eigenvalue weighted by atomic mass is 10.1. The van der Waals surface area contributed by atoms with E-state index in [0.717, 1.165) is 5.69 Å². The van der Waals surface area contributed by atoms with E-state index in [1.165, 1.54) is 6.07 Å². The largest absolute Gasteiger partial charge is 0.508 e. The highest BCUT2D eigenvalue weighted by Crippen LogP contribution is 2.25. The van der Waals surface area contributed by atoms with Gasteiger partial charge in [0.2, 0.25) is 0 Å². The maximum atomic E-state index is 10.8. The van der Waals surface area contributed by atoms with Gasteiger partial charge in [-0.15, -0.1) is 0 Å². The molecular formula is C16H16ClNO3. The number of nitrogens with zero attached hydrogens (tertiary/aromatic N) is 1. The molecule has 0 radical (unpaired) electrons. The number of anilines is 1. The lowest BCUT2D eigenvalue weighted by Crippen LogP contribution is -2.25. The molecule has 0 unspecified atom stereocenters. The van der Waals surface area contributed by atoms with E-state index in [-0.39, 0.29) is 12.2 Å². The number of aliphatic carboxylic acids is 1. The fourth-order valence-corrected chi connectivity index (χ4v) is 2.25. The second kappa shape index (κ2) is 6.99. The summed E-state index contributed by atoms with van der Waals surface area (Å²) in [6, 6.07) is 14.3. The molecule has 4 nitrogen and oxygen atoms in total. The van der Waals surface area contributed by atoms with Gasteiger partial charge in [0, 0.05) is 29.4 Å². The number of aromatic hydroxyl groups is 1. The van der Waals surface area contributed by atoms with Crippen LogP contribution in [0.5, 0.6) is 5.75 Å². The van der Waals surface area contributed by atoms with E-state index < -0.39 is 5.97 Å². The molecule has 0 saturated heterocycles. The van der Waals surface area contributed by atoms with Crippen LogP contribution in [-0.4, -0.2) is 22.7 Å². The van der Waals surface area contributed by atoms with Crippen molar-refractivity contribution in [1.29, 1.82) is 0 Å². The van der Waals surface area contributed by atoms with Crippen molar-refractivity contribution in [2.45, 2.75) is 13.0 Å². The summed E-state index contributed by atoms with van der Waals surface area (Å²) in [7, 11) is 0. The highest BCUT2D eigenvalue weighted by molar-refractivity contribution is 6.30. The molecule has 2 aromatic carbocycles. The quantitative estimate of drug-likeness (QED) is 0.857. The van der Waals surface area contributed by atoms with Gasteiger partial charge in [0.05, 0.1) is 6.42 Å². The fourth-order valence-electron chi connectivity index (χ4n) is 2.06. The Morgan fingerprint density at radius 3 is 2.52 bits per heavy atom. The molecule has 2 rings (SSSR count). The molecule has 0 saturated carbocycles. The number of benzene rings is 2. The van der Waals surface area contributed by atoms with Crippen molar-refractivity contribution in [2.24, 2.45) is 0 Å². The number of hydrogen-bond donors (Lipinski definition) is 2. The minimum atomic E-state index is -0.855. The number of rotatable bonds is 6. The third kappa shape index (κ3) is 4.39. The van der Waals surface area contributed by atoms with Crippen LogP contribution < -0.4 is 4.90 Å². The summed E-state index contributed by atoms with van der Waals surface area (Å²) >= 11 is 5.95. The first-order valence-electron chi connectivity index (χ1n) is 6.55. The van der Waals surface area contributed by atoms with E-state index in [4.69, 9.17) is 16.7 Å². The molecule has 5 heteroatoms. The predicted octanol–water partition coefficient (Wildman–Crippen LogP) is 3.53. The standard InChI is InChI=1S/C16H16ClNO3/c17-13-6-7-15(19)12(10-13)11-18(9-8-16(20)21)14-4-2-1-3-5-14/h1-7,10,19H,8-9,11H2,(H,20,21). The highest BCUT2D eigenvalue weighted by atomic mass is 35.5. The molecule has 0 spiro atoms. The molecule has 0 heterocycles. The number of halogens is 1. The maximum Gasteiger partial charge on any atom is 0.305 e. The highest BCUT2D eigenvalue weighted by Gasteiger charge is 2.12. The Morgan fingerprint density at radius 1 is 1.14 bits per heavy atom. The van der Waals surface area contributed by atoms with E-state index in [1.54, 1.807) is 12.1 Å². The van der Waals surface area contributed by atoms with Crippen LogP contribution in [0.25, 0.3) is 0 Å². The summed E-state index contributed by atoms with van der Waals surface area (Å²) in [6.45, 7) is 0.745. The monoisotopic (exact) mass is 305 g/mol. The SMILES string of the molecule is O=C(O)CCN(Cc1cc(Cl)ccc1O)c1ccccc1. The fraction of sp³-hybridized carbons (Fsp3) is 0.188. The number of carboxylic acids is 1. The van der Waals surface area contributed by atoms with Crippen molar-refractivity contribution in [3.63, 3.8) is 0 Å². The van der Waals surface area contributed by atoms with Crippen LogP contribution in [0.1, 0.15) is 12.0 Å². The van der Waals surface area contributed by atoms with Crippen molar-refractivity contribution >= 4 is 23.3 Å². The van der Waals surface area contributed by atoms with E-state index in [2.05, 4.69) is 0 Å². The van der Waals surface area contributed by atoms with Gasteiger partial charge in [-0.2, -0.15) is 0 Å². The minimum Gasteiger partial charge on any atom is -0.508 e. The van der Waals surface area contributed by atoms with Crippen LogP contribution in [-0.2, 0) is 11.3 Å². The zero-order valence-corrected chi connectivity index (χ0v) is 12.1. The van der Waals surface area contributed by atoms with E-state index >= 15 is 0 Å². The summed E-state index contributed by atoms with van der Waals surface area (Å²) in [5, 5.41) is 19.3. The van der Waals surface area contributed by atoms with Crippen molar-refractivity contribution in [3.8, 4) is 5.75 Å². The van der Waals surface area contributed by atoms with Crippen molar-refractivity contribution < 1.29 is 15.0 Å². The summed E-state index contributed by atoms with van der Waals surface area (Å²) in [6.07, 6.45) is 0.0240. The normalized spacial score (nSPS) is 10.3. The molecule has 21 heavy (non-hydrogen) atoms. The average molecular weight is 306 g/mol. The molecule has 2 aromatic rings. The van der Waals surface area contributed by atoms with E-state index in [1.807, 2.05) is 35.2 Å². The third-order valence-electron chi connectivity index (χ3n) is 3.12. The molecule has 0 aliphatic rings. The van der Waals surface area contributed by atoms with Gasteiger partial charge in [-0.1, -0.05) is 29.8 Å². The molecule has 0 aliphatic carbocycles. The Bertz CT molecular complexity index is 616. The first-order valence-corrected chi connectivity index (χ1v) is 6.93. The topological polar surface area (TPSA) is 60.8 Å². The molecule has 0 bridgehead atoms. The maximum absolute atomic E-state index is 10.8. The first-order chi connectivity index (χ1) is 10.1. The number of carboxylic acid groups (broad SMARTS) is 1. The lowest BCUT2D eigenvalue weighted by Gasteiger charge is -2.24. The first kappa shape index (κ1) is 15.2. The molecule has 2 N–H and O–H groups in total. The van der Waals surface area contributed by atoms with Crippen molar-refractivity contribution in [2.75, 3.05) is 11.4 Å². The molecule has 0 aromatic heterocycles. The summed E-state index contributed by atoms with van der Waals surface area (Å²) < 4.78 is 0. The van der Waals surface area contributed by atoms with E-state index in [9.17, 15) is 9.90 Å². The Kier molecular flexibility index (Phi) is 5.06. The minimum absolute atomic E-state index is 0.0240. The van der Waals surface area contributed by atoms with Gasteiger partial charge >= 0.3 is 5.97 Å². The van der Waals surface area contributed by atoms with Crippen LogP contribution in [0, 0.1) is 0 Å². The third-order valence-corrected chi connectivity index (χ3v) is 3.35. The van der Waals surface area contributed by atoms with Gasteiger partial charge in [0.15, 0.2) is 0 Å². The number of hydrogen-bond acceptors (Lipinski definition) is 3. The van der Waals surface area contributed by atoms with Crippen molar-refractivity contribution in [3.05, 3.63) is 59.1 Å². The van der Waals surface area contributed by atoms with Gasteiger partial charge in [0.1, 0.15) is 5.75 Å². The lowest BCUT2D eigenvalue weighted by molar-refractivity contribution is -0.136. The van der Waals surface area contributed by atoms with Gasteiger partial charge < -0.3 is 15.1 Å². The number of carbonyl (C=O) groups is 1. The van der Waals surface area contributed by atoms with Crippen LogP contribution in [0.4, 0.5) is 5.69 Å². The Morgan fingerprint density at radius 2 is 1.86 bits per heavy atom. The molecule has 0 atom stereocenters. The Hall–Kier alpha value is -2.20. The molecular weight excluding hydrogens is 290 g/mol. The second-order valence-electron chi connectivity index (χ2n) is 4.67. The summed E-state index contributed by atoms with van der Waals surface area (Å²) in [5.41, 5.74) is 1.56. The number of para-hydroxylation sites is 1. The predicted molar refractivity (Wildman–Crippen MR) is 82.9 cm³/mol. The van der Waals surface area contributed by atoms with Gasteiger partial charge in [-0.25, -0.2) is 0 Å². The Balaban J connectivity index is 2.23. The summed E-state index contributed by atoms with van der Waals surface area (Å²) in [5.74, 6) is -0.707. The zero-order chi connectivity index (χ0) is 15.2. The molecule has 0 fully saturated rings. The van der Waals surface area contributed by atoms with Crippen LogP contribution in [0.3, 0.4) is 0 Å². The van der Waals surface area contributed by atoms with E-state index in [0.29, 0.717) is 23.7 Å². The van der Waals surface area contributed by atoms with Crippen LogP contribution >= 0.6 is 11.6 Å². The average Bonchev–Trinajstić information content (AvgIpc) is 2.47. The summed E-state index contributed by atoms with van der Waals surface area (Å²) in [4.78, 5) is 12.7. The second-order valence-corrected chi connectivity index (χ2v) is 5.11. The smallest absolute Gasteiger partial charge is 0.305 e. The van der Waals surface area contributed by atoms with Gasteiger partial charge in [0.25, 0.3) is 0 Å². The molecule has 110 valence electrons. The van der Waals surface area contributed by atoms with Crippen molar-refractivity contribution in [1.82, 2.24) is 0 Å².